The molecule has 2 rings (SSSR count). The molecule has 0 unspecified atom stereocenters. The lowest BCUT2D eigenvalue weighted by Crippen LogP contribution is -2.23. The van der Waals surface area contributed by atoms with E-state index in [4.69, 9.17) is 15.2 Å². The first kappa shape index (κ1) is 14.0. The van der Waals surface area contributed by atoms with Gasteiger partial charge in [0.2, 0.25) is 0 Å². The van der Waals surface area contributed by atoms with E-state index in [-0.39, 0.29) is 6.10 Å². The summed E-state index contributed by atoms with van der Waals surface area (Å²) in [5.41, 5.74) is 6.75. The molecule has 0 radical (unpaired) electrons. The van der Waals surface area contributed by atoms with Gasteiger partial charge >= 0.3 is 0 Å². The number of benzene rings is 1. The molecule has 2 N–H and O–H groups in total. The fraction of sp³-hybridized carbons (Fsp3) is 0.625. The zero-order chi connectivity index (χ0) is 13.8. The third-order valence-corrected chi connectivity index (χ3v) is 3.65. The predicted octanol–water partition coefficient (Wildman–Crippen LogP) is 4.01. The number of hydrogen-bond acceptors (Lipinski definition) is 3. The van der Waals surface area contributed by atoms with Gasteiger partial charge in [0.1, 0.15) is 17.2 Å². The first-order chi connectivity index (χ1) is 9.06. The van der Waals surface area contributed by atoms with Gasteiger partial charge in [0.25, 0.3) is 0 Å². The minimum absolute atomic E-state index is 0.119. The number of nitrogens with two attached hydrogens (primary N) is 1. The molecule has 0 aromatic heterocycles. The molecule has 3 nitrogen and oxygen atoms in total. The number of ether oxygens (including phenoxy) is 2. The van der Waals surface area contributed by atoms with Gasteiger partial charge in [-0.1, -0.05) is 13.0 Å². The van der Waals surface area contributed by atoms with Crippen molar-refractivity contribution in [3.8, 4) is 11.5 Å². The van der Waals surface area contributed by atoms with Crippen molar-refractivity contribution < 1.29 is 9.47 Å². The van der Waals surface area contributed by atoms with Crippen LogP contribution in [0.3, 0.4) is 0 Å². The number of nitrogen functional groups attached to an aromatic ring is 1. The Bertz CT molecular complexity index is 409. The molecule has 19 heavy (non-hydrogen) atoms. The molecule has 0 amide bonds. The molecule has 0 spiro atoms. The maximum atomic E-state index is 6.13. The third-order valence-electron chi connectivity index (χ3n) is 3.65. The molecule has 0 heterocycles. The van der Waals surface area contributed by atoms with E-state index < -0.39 is 0 Å². The average molecular weight is 263 g/mol. The highest BCUT2D eigenvalue weighted by molar-refractivity contribution is 5.62. The van der Waals surface area contributed by atoms with Crippen LogP contribution in [0.5, 0.6) is 11.5 Å². The Morgan fingerprint density at radius 2 is 1.74 bits per heavy atom. The smallest absolute Gasteiger partial charge is 0.146 e. The SMILES string of the molecule is CC1CCC(Oc2cccc(OC(C)C)c2N)CC1. The lowest BCUT2D eigenvalue weighted by atomic mass is 9.89. The van der Waals surface area contributed by atoms with Crippen molar-refractivity contribution in [1.82, 2.24) is 0 Å². The Labute approximate surface area is 116 Å². The van der Waals surface area contributed by atoms with E-state index in [2.05, 4.69) is 6.92 Å². The third kappa shape index (κ3) is 3.79. The van der Waals surface area contributed by atoms with Crippen LogP contribution in [0.25, 0.3) is 0 Å². The highest BCUT2D eigenvalue weighted by Crippen LogP contribution is 2.35. The summed E-state index contributed by atoms with van der Waals surface area (Å²) in [4.78, 5) is 0. The van der Waals surface area contributed by atoms with Gasteiger partial charge in [-0.15, -0.1) is 0 Å². The maximum absolute atomic E-state index is 6.13. The monoisotopic (exact) mass is 263 g/mol. The van der Waals surface area contributed by atoms with Gasteiger partial charge in [0.15, 0.2) is 0 Å². The van der Waals surface area contributed by atoms with Crippen LogP contribution in [0.15, 0.2) is 18.2 Å². The van der Waals surface area contributed by atoms with Crippen molar-refractivity contribution in [1.29, 1.82) is 0 Å². The van der Waals surface area contributed by atoms with Crippen LogP contribution >= 0.6 is 0 Å². The summed E-state index contributed by atoms with van der Waals surface area (Å²) < 4.78 is 11.7. The van der Waals surface area contributed by atoms with E-state index in [9.17, 15) is 0 Å². The van der Waals surface area contributed by atoms with E-state index in [0.29, 0.717) is 11.8 Å². The van der Waals surface area contributed by atoms with E-state index in [1.807, 2.05) is 32.0 Å². The van der Waals surface area contributed by atoms with Crippen LogP contribution in [0, 0.1) is 5.92 Å². The quantitative estimate of drug-likeness (QED) is 0.835. The minimum Gasteiger partial charge on any atom is -0.489 e. The van der Waals surface area contributed by atoms with Crippen LogP contribution in [0.1, 0.15) is 46.5 Å². The van der Waals surface area contributed by atoms with Crippen LogP contribution < -0.4 is 15.2 Å². The Morgan fingerprint density at radius 1 is 1.11 bits per heavy atom. The van der Waals surface area contributed by atoms with Crippen molar-refractivity contribution in [3.63, 3.8) is 0 Å². The largest absolute Gasteiger partial charge is 0.489 e. The second-order valence-corrected chi connectivity index (χ2v) is 5.83. The molecule has 1 aliphatic rings. The fourth-order valence-corrected chi connectivity index (χ4v) is 2.51. The van der Waals surface area contributed by atoms with Gasteiger partial charge in [-0.25, -0.2) is 0 Å². The fourth-order valence-electron chi connectivity index (χ4n) is 2.51. The Hall–Kier alpha value is -1.38. The highest BCUT2D eigenvalue weighted by Gasteiger charge is 2.20. The molecule has 1 aromatic rings. The van der Waals surface area contributed by atoms with E-state index in [1.165, 1.54) is 12.8 Å². The second kappa shape index (κ2) is 6.18. The van der Waals surface area contributed by atoms with Crippen molar-refractivity contribution in [3.05, 3.63) is 18.2 Å². The van der Waals surface area contributed by atoms with Gasteiger partial charge in [-0.05, 0) is 57.6 Å². The first-order valence-corrected chi connectivity index (χ1v) is 7.28. The highest BCUT2D eigenvalue weighted by atomic mass is 16.5. The van der Waals surface area contributed by atoms with E-state index in [1.54, 1.807) is 0 Å². The number of para-hydroxylation sites is 1. The minimum atomic E-state index is 0.119. The molecule has 1 aliphatic carbocycles. The molecule has 0 atom stereocenters. The van der Waals surface area contributed by atoms with Gasteiger partial charge in [-0.2, -0.15) is 0 Å². The van der Waals surface area contributed by atoms with Crippen LogP contribution in [-0.4, -0.2) is 12.2 Å². The van der Waals surface area contributed by atoms with Gasteiger partial charge in [-0.3, -0.25) is 0 Å². The molecule has 106 valence electrons. The van der Waals surface area contributed by atoms with Gasteiger partial charge < -0.3 is 15.2 Å². The summed E-state index contributed by atoms with van der Waals surface area (Å²) >= 11 is 0. The lowest BCUT2D eigenvalue weighted by Gasteiger charge is -2.27. The molecule has 1 saturated carbocycles. The van der Waals surface area contributed by atoms with Crippen molar-refractivity contribution in [2.24, 2.45) is 5.92 Å². The summed E-state index contributed by atoms with van der Waals surface area (Å²) in [6, 6.07) is 5.76. The van der Waals surface area contributed by atoms with E-state index >= 15 is 0 Å². The maximum Gasteiger partial charge on any atom is 0.146 e. The van der Waals surface area contributed by atoms with Crippen molar-refractivity contribution in [2.75, 3.05) is 5.73 Å². The summed E-state index contributed by atoms with van der Waals surface area (Å²) in [5, 5.41) is 0. The zero-order valence-corrected chi connectivity index (χ0v) is 12.2. The number of hydrogen-bond donors (Lipinski definition) is 1. The summed E-state index contributed by atoms with van der Waals surface area (Å²) in [5.74, 6) is 2.31. The molecular formula is C16H25NO2. The Balaban J connectivity index is 2.04. The standard InChI is InChI=1S/C16H25NO2/c1-11(2)18-14-5-4-6-15(16(14)17)19-13-9-7-12(3)8-10-13/h4-6,11-13H,7-10,17H2,1-3H3. The Kier molecular flexibility index (Phi) is 4.56. The topological polar surface area (TPSA) is 44.5 Å². The normalized spacial score (nSPS) is 23.4. The molecular weight excluding hydrogens is 238 g/mol. The summed E-state index contributed by atoms with van der Waals surface area (Å²) in [6.45, 7) is 6.30. The first-order valence-electron chi connectivity index (χ1n) is 7.28. The molecule has 1 aromatic carbocycles. The molecule has 0 aliphatic heterocycles. The van der Waals surface area contributed by atoms with Crippen LogP contribution in [0.2, 0.25) is 0 Å². The number of anilines is 1. The van der Waals surface area contributed by atoms with Gasteiger partial charge in [0.05, 0.1) is 12.2 Å². The molecule has 0 bridgehead atoms. The second-order valence-electron chi connectivity index (χ2n) is 5.83. The number of rotatable bonds is 4. The average Bonchev–Trinajstić information content (AvgIpc) is 2.36. The van der Waals surface area contributed by atoms with Crippen LogP contribution in [-0.2, 0) is 0 Å². The van der Waals surface area contributed by atoms with E-state index in [0.717, 1.165) is 30.3 Å². The summed E-state index contributed by atoms with van der Waals surface area (Å²) in [6.07, 6.45) is 5.14. The van der Waals surface area contributed by atoms with Crippen molar-refractivity contribution in [2.45, 2.75) is 58.7 Å². The molecule has 1 fully saturated rings. The zero-order valence-electron chi connectivity index (χ0n) is 12.2. The lowest BCUT2D eigenvalue weighted by molar-refractivity contribution is 0.136. The summed E-state index contributed by atoms with van der Waals surface area (Å²) in [7, 11) is 0. The van der Waals surface area contributed by atoms with Crippen molar-refractivity contribution >= 4 is 5.69 Å². The molecule has 3 heteroatoms. The van der Waals surface area contributed by atoms with Crippen LogP contribution in [0.4, 0.5) is 5.69 Å². The molecule has 0 saturated heterocycles. The Morgan fingerprint density at radius 3 is 2.37 bits per heavy atom. The predicted molar refractivity (Wildman–Crippen MR) is 78.7 cm³/mol. The van der Waals surface area contributed by atoms with Gasteiger partial charge in [0, 0.05) is 0 Å².